The van der Waals surface area contributed by atoms with E-state index in [1.165, 1.54) is 36.9 Å². The van der Waals surface area contributed by atoms with Crippen LogP contribution in [0.5, 0.6) is 0 Å². The van der Waals surface area contributed by atoms with Crippen LogP contribution < -0.4 is 5.32 Å². The van der Waals surface area contributed by atoms with E-state index in [4.69, 9.17) is 21.3 Å². The average Bonchev–Trinajstić information content (AvgIpc) is 3.17. The van der Waals surface area contributed by atoms with Crippen LogP contribution in [-0.2, 0) is 16.6 Å². The molecule has 4 rings (SSSR count). The standard InChI is InChI=1S/C24H31ClN2O/c25-21-8-2-1-7-20(21)10-16-26-17-13-23(22-9-3-6-15-27-22)14-18-28-24(19-23)11-4-5-12-24/h1-3,6-9,15,26H,4-5,10-14,16-19H2/t23-/m1/s1. The van der Waals surface area contributed by atoms with Gasteiger partial charge in [-0.25, -0.2) is 0 Å². The summed E-state index contributed by atoms with van der Waals surface area (Å²) in [6.07, 6.45) is 11.2. The van der Waals surface area contributed by atoms with Crippen LogP contribution in [0.25, 0.3) is 0 Å². The van der Waals surface area contributed by atoms with E-state index < -0.39 is 0 Å². The Bertz CT molecular complexity index is 760. The van der Waals surface area contributed by atoms with Crippen LogP contribution >= 0.6 is 11.6 Å². The molecule has 2 aromatic rings. The zero-order valence-electron chi connectivity index (χ0n) is 16.6. The summed E-state index contributed by atoms with van der Waals surface area (Å²) in [6.45, 7) is 2.80. The molecule has 0 unspecified atom stereocenters. The van der Waals surface area contributed by atoms with Gasteiger partial charge in [-0.15, -0.1) is 0 Å². The highest BCUT2D eigenvalue weighted by atomic mass is 35.5. The predicted octanol–water partition coefficient (Wildman–Crippen LogP) is 5.32. The molecule has 2 fully saturated rings. The van der Waals surface area contributed by atoms with Gasteiger partial charge in [-0.2, -0.15) is 0 Å². The molecule has 1 aromatic heterocycles. The molecular formula is C24H31ClN2O. The maximum atomic E-state index is 6.34. The Morgan fingerprint density at radius 2 is 1.82 bits per heavy atom. The second-order valence-corrected chi connectivity index (χ2v) is 8.91. The van der Waals surface area contributed by atoms with Crippen molar-refractivity contribution in [2.75, 3.05) is 19.7 Å². The fraction of sp³-hybridized carbons (Fsp3) is 0.542. The van der Waals surface area contributed by atoms with Crippen LogP contribution in [0, 0.1) is 0 Å². The molecule has 28 heavy (non-hydrogen) atoms. The van der Waals surface area contributed by atoms with Gasteiger partial charge in [0.25, 0.3) is 0 Å². The molecule has 1 saturated carbocycles. The van der Waals surface area contributed by atoms with Gasteiger partial charge in [0.05, 0.1) is 5.60 Å². The minimum atomic E-state index is 0.0906. The highest BCUT2D eigenvalue weighted by Gasteiger charge is 2.48. The maximum Gasteiger partial charge on any atom is 0.0691 e. The van der Waals surface area contributed by atoms with Gasteiger partial charge in [-0.3, -0.25) is 4.98 Å². The Kier molecular flexibility index (Phi) is 6.35. The highest BCUT2D eigenvalue weighted by molar-refractivity contribution is 6.31. The first-order valence-corrected chi connectivity index (χ1v) is 11.1. The summed E-state index contributed by atoms with van der Waals surface area (Å²) in [5.41, 5.74) is 2.68. The van der Waals surface area contributed by atoms with Gasteiger partial charge in [0.15, 0.2) is 0 Å². The molecule has 0 amide bonds. The van der Waals surface area contributed by atoms with Crippen molar-refractivity contribution in [3.05, 3.63) is 64.9 Å². The van der Waals surface area contributed by atoms with E-state index in [1.54, 1.807) is 0 Å². The smallest absolute Gasteiger partial charge is 0.0691 e. The fourth-order valence-corrected chi connectivity index (χ4v) is 5.40. The molecular weight excluding hydrogens is 368 g/mol. The first-order chi connectivity index (χ1) is 13.7. The molecule has 2 aliphatic rings. The quantitative estimate of drug-likeness (QED) is 0.641. The number of hydrogen-bond acceptors (Lipinski definition) is 3. The Labute approximate surface area is 173 Å². The molecule has 1 aliphatic carbocycles. The lowest BCUT2D eigenvalue weighted by Gasteiger charge is -2.46. The third-order valence-electron chi connectivity index (χ3n) is 6.68. The Morgan fingerprint density at radius 3 is 2.61 bits per heavy atom. The number of pyridine rings is 1. The lowest BCUT2D eigenvalue weighted by atomic mass is 9.68. The molecule has 0 bridgehead atoms. The number of nitrogens with one attached hydrogen (secondary N) is 1. The van der Waals surface area contributed by atoms with E-state index in [9.17, 15) is 0 Å². The van der Waals surface area contributed by atoms with E-state index in [1.807, 2.05) is 24.4 Å². The fourth-order valence-electron chi connectivity index (χ4n) is 5.17. The predicted molar refractivity (Wildman–Crippen MR) is 115 cm³/mol. The molecule has 1 atom stereocenters. The van der Waals surface area contributed by atoms with Crippen LogP contribution in [0.3, 0.4) is 0 Å². The molecule has 1 N–H and O–H groups in total. The number of benzene rings is 1. The average molecular weight is 399 g/mol. The van der Waals surface area contributed by atoms with Crippen molar-refractivity contribution >= 4 is 11.6 Å². The zero-order valence-corrected chi connectivity index (χ0v) is 17.4. The maximum absolute atomic E-state index is 6.34. The summed E-state index contributed by atoms with van der Waals surface area (Å²) in [7, 11) is 0. The summed E-state index contributed by atoms with van der Waals surface area (Å²) in [6, 6.07) is 14.5. The van der Waals surface area contributed by atoms with E-state index in [0.29, 0.717) is 0 Å². The van der Waals surface area contributed by atoms with Crippen LogP contribution in [0.4, 0.5) is 0 Å². The Balaban J connectivity index is 1.40. The molecule has 2 heterocycles. The topological polar surface area (TPSA) is 34.2 Å². The number of ether oxygens (including phenoxy) is 1. The normalized spacial score (nSPS) is 23.9. The number of halogens is 1. The molecule has 1 saturated heterocycles. The first-order valence-electron chi connectivity index (χ1n) is 10.7. The summed E-state index contributed by atoms with van der Waals surface area (Å²) in [5.74, 6) is 0. The Hall–Kier alpha value is -1.42. The second-order valence-electron chi connectivity index (χ2n) is 8.50. The van der Waals surface area contributed by atoms with Gasteiger partial charge in [-0.1, -0.05) is 48.7 Å². The minimum Gasteiger partial charge on any atom is -0.375 e. The van der Waals surface area contributed by atoms with Crippen molar-refractivity contribution in [3.8, 4) is 0 Å². The van der Waals surface area contributed by atoms with Crippen LogP contribution in [0.1, 0.15) is 56.2 Å². The largest absolute Gasteiger partial charge is 0.375 e. The lowest BCUT2D eigenvalue weighted by Crippen LogP contribution is -2.47. The van der Waals surface area contributed by atoms with Crippen molar-refractivity contribution in [3.63, 3.8) is 0 Å². The SMILES string of the molecule is Clc1ccccc1CCNCC[C@@]1(c2ccccn2)CCOC2(CCCC2)C1. The monoisotopic (exact) mass is 398 g/mol. The lowest BCUT2D eigenvalue weighted by molar-refractivity contribution is -0.104. The van der Waals surface area contributed by atoms with Gasteiger partial charge >= 0.3 is 0 Å². The van der Waals surface area contributed by atoms with Gasteiger partial charge in [0.1, 0.15) is 0 Å². The molecule has 1 aromatic carbocycles. The molecule has 3 nitrogen and oxygen atoms in total. The minimum absolute atomic E-state index is 0.0906. The van der Waals surface area contributed by atoms with E-state index in [-0.39, 0.29) is 11.0 Å². The van der Waals surface area contributed by atoms with Crippen molar-refractivity contribution in [2.24, 2.45) is 0 Å². The number of nitrogens with zero attached hydrogens (tertiary/aromatic N) is 1. The van der Waals surface area contributed by atoms with E-state index in [0.717, 1.165) is 50.4 Å². The van der Waals surface area contributed by atoms with E-state index in [2.05, 4.69) is 29.6 Å². The summed E-state index contributed by atoms with van der Waals surface area (Å²) in [4.78, 5) is 4.79. The molecule has 4 heteroatoms. The molecule has 1 aliphatic heterocycles. The molecule has 0 radical (unpaired) electrons. The number of hydrogen-bond donors (Lipinski definition) is 1. The second kappa shape index (κ2) is 8.94. The van der Waals surface area contributed by atoms with Crippen LogP contribution in [0.15, 0.2) is 48.7 Å². The third kappa shape index (κ3) is 4.42. The molecule has 1 spiro atoms. The van der Waals surface area contributed by atoms with Crippen molar-refractivity contribution < 1.29 is 4.74 Å². The van der Waals surface area contributed by atoms with Gasteiger partial charge in [0, 0.05) is 28.9 Å². The van der Waals surface area contributed by atoms with Crippen LogP contribution in [0.2, 0.25) is 5.02 Å². The number of rotatable bonds is 7. The molecule has 150 valence electrons. The van der Waals surface area contributed by atoms with Crippen molar-refractivity contribution in [1.82, 2.24) is 10.3 Å². The summed E-state index contributed by atoms with van der Waals surface area (Å²) in [5, 5.41) is 4.52. The summed E-state index contributed by atoms with van der Waals surface area (Å²) >= 11 is 6.28. The Morgan fingerprint density at radius 1 is 1.00 bits per heavy atom. The van der Waals surface area contributed by atoms with Gasteiger partial charge in [0.2, 0.25) is 0 Å². The zero-order chi connectivity index (χ0) is 19.3. The van der Waals surface area contributed by atoms with Gasteiger partial charge < -0.3 is 10.1 Å². The van der Waals surface area contributed by atoms with Crippen molar-refractivity contribution in [2.45, 2.75) is 62.4 Å². The highest BCUT2D eigenvalue weighted by Crippen LogP contribution is 2.49. The van der Waals surface area contributed by atoms with Crippen LogP contribution in [-0.4, -0.2) is 30.3 Å². The third-order valence-corrected chi connectivity index (χ3v) is 7.05. The number of aromatic nitrogens is 1. The van der Waals surface area contributed by atoms with Gasteiger partial charge in [-0.05, 0) is 75.4 Å². The first kappa shape index (κ1) is 19.9. The van der Waals surface area contributed by atoms with Crippen molar-refractivity contribution in [1.29, 1.82) is 0 Å². The van der Waals surface area contributed by atoms with E-state index >= 15 is 0 Å². The summed E-state index contributed by atoms with van der Waals surface area (Å²) < 4.78 is 6.34.